The highest BCUT2D eigenvalue weighted by molar-refractivity contribution is 6.17. The molecule has 0 radical (unpaired) electrons. The number of nitrogens with one attached hydrogen (secondary N) is 1. The molecule has 0 aromatic heterocycles. The van der Waals surface area contributed by atoms with Gasteiger partial charge in [-0.1, -0.05) is 36.8 Å². The van der Waals surface area contributed by atoms with Crippen LogP contribution in [0.5, 0.6) is 0 Å². The minimum Gasteiger partial charge on any atom is -0.355 e. The number of unbranched alkanes of at least 4 members (excludes halogenated alkanes) is 2. The van der Waals surface area contributed by atoms with Crippen LogP contribution in [0.15, 0.2) is 30.3 Å². The minimum atomic E-state index is -0.228. The van der Waals surface area contributed by atoms with Gasteiger partial charge in [-0.3, -0.25) is 4.79 Å². The van der Waals surface area contributed by atoms with E-state index in [1.807, 2.05) is 18.2 Å². The molecule has 1 amide bonds. The van der Waals surface area contributed by atoms with Gasteiger partial charge in [0.2, 0.25) is 5.91 Å². The fourth-order valence-electron chi connectivity index (χ4n) is 2.30. The number of amides is 1. The molecular weight excluding hydrogens is 246 g/mol. The standard InChI is InChI=1S/C15H20ClNO/c16-11-5-2-6-12-17-14(18)15(9-10-15)13-7-3-1-4-8-13/h1,3-4,7-8H,2,5-6,9-12H2,(H,17,18). The third-order valence-electron chi connectivity index (χ3n) is 3.61. The van der Waals surface area contributed by atoms with Crippen LogP contribution >= 0.6 is 11.6 Å². The molecule has 1 aromatic rings. The van der Waals surface area contributed by atoms with E-state index < -0.39 is 0 Å². The Labute approximate surface area is 114 Å². The van der Waals surface area contributed by atoms with Gasteiger partial charge in [-0.25, -0.2) is 0 Å². The topological polar surface area (TPSA) is 29.1 Å². The van der Waals surface area contributed by atoms with Gasteiger partial charge in [0.05, 0.1) is 5.41 Å². The molecule has 2 nitrogen and oxygen atoms in total. The molecule has 1 aromatic carbocycles. The van der Waals surface area contributed by atoms with Crippen molar-refractivity contribution in [3.8, 4) is 0 Å². The van der Waals surface area contributed by atoms with E-state index in [2.05, 4.69) is 17.4 Å². The lowest BCUT2D eigenvalue weighted by Crippen LogP contribution is -2.35. The average molecular weight is 266 g/mol. The number of hydrogen-bond donors (Lipinski definition) is 1. The maximum absolute atomic E-state index is 12.2. The van der Waals surface area contributed by atoms with E-state index in [4.69, 9.17) is 11.6 Å². The van der Waals surface area contributed by atoms with Crippen LogP contribution in [0.1, 0.15) is 37.7 Å². The van der Waals surface area contributed by atoms with Crippen molar-refractivity contribution in [3.05, 3.63) is 35.9 Å². The fraction of sp³-hybridized carbons (Fsp3) is 0.533. The van der Waals surface area contributed by atoms with Crippen LogP contribution < -0.4 is 5.32 Å². The Morgan fingerprint density at radius 1 is 1.17 bits per heavy atom. The predicted octanol–water partition coefficient (Wildman–Crippen LogP) is 3.24. The Hall–Kier alpha value is -1.02. The van der Waals surface area contributed by atoms with E-state index in [1.54, 1.807) is 0 Å². The van der Waals surface area contributed by atoms with Crippen LogP contribution in [0.25, 0.3) is 0 Å². The van der Waals surface area contributed by atoms with Gasteiger partial charge in [-0.2, -0.15) is 0 Å². The molecule has 0 atom stereocenters. The highest BCUT2D eigenvalue weighted by Gasteiger charge is 2.50. The van der Waals surface area contributed by atoms with E-state index in [0.717, 1.165) is 44.2 Å². The molecule has 0 aliphatic heterocycles. The third-order valence-corrected chi connectivity index (χ3v) is 3.87. The smallest absolute Gasteiger partial charge is 0.230 e. The monoisotopic (exact) mass is 265 g/mol. The van der Waals surface area contributed by atoms with Crippen LogP contribution in [-0.2, 0) is 10.2 Å². The zero-order chi connectivity index (χ0) is 12.8. The van der Waals surface area contributed by atoms with Crippen molar-refractivity contribution in [2.75, 3.05) is 12.4 Å². The molecule has 1 fully saturated rings. The number of hydrogen-bond acceptors (Lipinski definition) is 1. The number of carbonyl (C=O) groups excluding carboxylic acids is 1. The van der Waals surface area contributed by atoms with E-state index in [-0.39, 0.29) is 11.3 Å². The number of carbonyl (C=O) groups is 1. The Bertz CT molecular complexity index is 387. The summed E-state index contributed by atoms with van der Waals surface area (Å²) in [5.74, 6) is 0.904. The fourth-order valence-corrected chi connectivity index (χ4v) is 2.49. The summed E-state index contributed by atoms with van der Waals surface area (Å²) in [6, 6.07) is 10.1. The Morgan fingerprint density at radius 2 is 1.89 bits per heavy atom. The molecule has 18 heavy (non-hydrogen) atoms. The molecule has 0 saturated heterocycles. The first-order valence-corrected chi connectivity index (χ1v) is 7.23. The highest BCUT2D eigenvalue weighted by atomic mass is 35.5. The zero-order valence-corrected chi connectivity index (χ0v) is 11.4. The number of benzene rings is 1. The number of rotatable bonds is 7. The first-order chi connectivity index (χ1) is 8.79. The Balaban J connectivity index is 1.82. The van der Waals surface area contributed by atoms with Gasteiger partial charge < -0.3 is 5.32 Å². The first-order valence-electron chi connectivity index (χ1n) is 6.69. The van der Waals surface area contributed by atoms with Crippen molar-refractivity contribution in [2.45, 2.75) is 37.5 Å². The van der Waals surface area contributed by atoms with Crippen LogP contribution in [-0.4, -0.2) is 18.3 Å². The van der Waals surface area contributed by atoms with Crippen molar-refractivity contribution in [3.63, 3.8) is 0 Å². The van der Waals surface area contributed by atoms with Gasteiger partial charge in [0.25, 0.3) is 0 Å². The van der Waals surface area contributed by atoms with Crippen molar-refractivity contribution in [2.24, 2.45) is 0 Å². The van der Waals surface area contributed by atoms with Crippen LogP contribution in [0.2, 0.25) is 0 Å². The maximum atomic E-state index is 12.2. The summed E-state index contributed by atoms with van der Waals surface area (Å²) in [5, 5.41) is 3.06. The van der Waals surface area contributed by atoms with Crippen molar-refractivity contribution in [1.82, 2.24) is 5.32 Å². The van der Waals surface area contributed by atoms with Crippen LogP contribution in [0.3, 0.4) is 0 Å². The summed E-state index contributed by atoms with van der Waals surface area (Å²) in [6.45, 7) is 0.768. The molecule has 1 aliphatic rings. The summed E-state index contributed by atoms with van der Waals surface area (Å²) in [7, 11) is 0. The first kappa shape index (κ1) is 13.4. The second-order valence-corrected chi connectivity index (χ2v) is 5.33. The van der Waals surface area contributed by atoms with E-state index in [1.165, 1.54) is 0 Å². The van der Waals surface area contributed by atoms with E-state index >= 15 is 0 Å². The minimum absolute atomic E-state index is 0.194. The molecule has 3 heteroatoms. The van der Waals surface area contributed by atoms with Gasteiger partial charge in [0.1, 0.15) is 0 Å². The Morgan fingerprint density at radius 3 is 2.50 bits per heavy atom. The molecular formula is C15H20ClNO. The van der Waals surface area contributed by atoms with Crippen molar-refractivity contribution in [1.29, 1.82) is 0 Å². The Kier molecular flexibility index (Phi) is 4.65. The van der Waals surface area contributed by atoms with E-state index in [9.17, 15) is 4.79 Å². The molecule has 1 saturated carbocycles. The molecule has 0 heterocycles. The molecule has 1 N–H and O–H groups in total. The van der Waals surface area contributed by atoms with Gasteiger partial charge in [-0.05, 0) is 31.2 Å². The van der Waals surface area contributed by atoms with Crippen LogP contribution in [0, 0.1) is 0 Å². The summed E-state index contributed by atoms with van der Waals surface area (Å²) < 4.78 is 0. The molecule has 0 spiro atoms. The molecule has 1 aliphatic carbocycles. The van der Waals surface area contributed by atoms with Crippen LogP contribution in [0.4, 0.5) is 0 Å². The molecule has 0 unspecified atom stereocenters. The van der Waals surface area contributed by atoms with Gasteiger partial charge in [-0.15, -0.1) is 11.6 Å². The highest BCUT2D eigenvalue weighted by Crippen LogP contribution is 2.48. The number of halogens is 1. The van der Waals surface area contributed by atoms with Gasteiger partial charge >= 0.3 is 0 Å². The zero-order valence-electron chi connectivity index (χ0n) is 10.6. The summed E-state index contributed by atoms with van der Waals surface area (Å²) in [5.41, 5.74) is 0.927. The largest absolute Gasteiger partial charge is 0.355 e. The summed E-state index contributed by atoms with van der Waals surface area (Å²) >= 11 is 5.62. The van der Waals surface area contributed by atoms with Gasteiger partial charge in [0.15, 0.2) is 0 Å². The second-order valence-electron chi connectivity index (χ2n) is 4.95. The quantitative estimate of drug-likeness (QED) is 0.595. The maximum Gasteiger partial charge on any atom is 0.230 e. The molecule has 0 bridgehead atoms. The SMILES string of the molecule is O=C(NCCCCCCl)C1(c2ccccc2)CC1. The molecule has 98 valence electrons. The number of alkyl halides is 1. The van der Waals surface area contributed by atoms with Gasteiger partial charge in [0, 0.05) is 12.4 Å². The van der Waals surface area contributed by atoms with E-state index in [0.29, 0.717) is 5.88 Å². The lowest BCUT2D eigenvalue weighted by atomic mass is 9.95. The van der Waals surface area contributed by atoms with Crippen molar-refractivity contribution >= 4 is 17.5 Å². The normalized spacial score (nSPS) is 16.3. The average Bonchev–Trinajstić information content (AvgIpc) is 3.21. The third kappa shape index (κ3) is 3.05. The molecule has 2 rings (SSSR count). The van der Waals surface area contributed by atoms with Crippen molar-refractivity contribution < 1.29 is 4.79 Å². The summed E-state index contributed by atoms with van der Waals surface area (Å²) in [6.07, 6.45) is 5.09. The predicted molar refractivity (Wildman–Crippen MR) is 74.9 cm³/mol. The second kappa shape index (κ2) is 6.24. The lowest BCUT2D eigenvalue weighted by Gasteiger charge is -2.15. The summed E-state index contributed by atoms with van der Waals surface area (Å²) in [4.78, 5) is 12.2. The lowest BCUT2D eigenvalue weighted by molar-refractivity contribution is -0.123.